The lowest BCUT2D eigenvalue weighted by molar-refractivity contribution is -0.136. The number of hydrogen-bond acceptors (Lipinski definition) is 4. The number of esters is 1. The molecule has 0 spiro atoms. The van der Waals surface area contributed by atoms with Crippen LogP contribution >= 0.6 is 0 Å². The van der Waals surface area contributed by atoms with Gasteiger partial charge in [0.25, 0.3) is 0 Å². The molecule has 0 unspecified atom stereocenters. The Hall–Kier alpha value is -1.73. The molecular formula is C16H22FNO4S. The molecule has 0 aliphatic rings. The monoisotopic (exact) mass is 343 g/mol. The molecule has 1 N–H and O–H groups in total. The summed E-state index contributed by atoms with van der Waals surface area (Å²) in [5, 5.41) is 0. The van der Waals surface area contributed by atoms with Crippen molar-refractivity contribution in [3.8, 4) is 0 Å². The maximum absolute atomic E-state index is 13.6. The van der Waals surface area contributed by atoms with Gasteiger partial charge in [0, 0.05) is 17.5 Å². The summed E-state index contributed by atoms with van der Waals surface area (Å²) < 4.78 is 46.3. The molecule has 1 aromatic carbocycles. The van der Waals surface area contributed by atoms with Crippen LogP contribution in [0.2, 0.25) is 0 Å². The van der Waals surface area contributed by atoms with E-state index in [-0.39, 0.29) is 22.6 Å². The molecule has 7 heteroatoms. The van der Waals surface area contributed by atoms with E-state index in [0.29, 0.717) is 0 Å². The van der Waals surface area contributed by atoms with E-state index in [0.717, 1.165) is 18.2 Å². The smallest absolute Gasteiger partial charge is 0.310 e. The Morgan fingerprint density at radius 3 is 2.43 bits per heavy atom. The van der Waals surface area contributed by atoms with Gasteiger partial charge in [0.2, 0.25) is 10.0 Å². The van der Waals surface area contributed by atoms with Crippen molar-refractivity contribution < 1.29 is 22.3 Å². The van der Waals surface area contributed by atoms with Gasteiger partial charge in [-0.3, -0.25) is 4.79 Å². The average Bonchev–Trinajstić information content (AvgIpc) is 2.41. The zero-order valence-electron chi connectivity index (χ0n) is 13.9. The SMILES string of the molecule is C/C=C(\OC(=O)CC)c1cc(F)ccc1S(=O)(=O)NC(C)(C)C. The highest BCUT2D eigenvalue weighted by Crippen LogP contribution is 2.27. The van der Waals surface area contributed by atoms with Gasteiger partial charge in [-0.25, -0.2) is 17.5 Å². The summed E-state index contributed by atoms with van der Waals surface area (Å²) >= 11 is 0. The standard InChI is InChI=1S/C16H22FNO4S/c1-6-13(22-15(19)7-2)12-10-11(17)8-9-14(12)23(20,21)18-16(3,4)5/h6,8-10,18H,7H2,1-5H3/b13-6-. The number of rotatable bonds is 5. The lowest BCUT2D eigenvalue weighted by Gasteiger charge is -2.22. The number of nitrogens with one attached hydrogen (secondary N) is 1. The van der Waals surface area contributed by atoms with Gasteiger partial charge in [0.15, 0.2) is 0 Å². The normalized spacial score (nSPS) is 13.0. The maximum Gasteiger partial charge on any atom is 0.310 e. The fourth-order valence-corrected chi connectivity index (χ4v) is 3.46. The second-order valence-corrected chi connectivity index (χ2v) is 7.63. The van der Waals surface area contributed by atoms with E-state index in [1.165, 1.54) is 6.08 Å². The minimum absolute atomic E-state index is 0.00522. The number of halogens is 1. The van der Waals surface area contributed by atoms with Crippen LogP contribution in [0.4, 0.5) is 4.39 Å². The van der Waals surface area contributed by atoms with Crippen molar-refractivity contribution >= 4 is 21.8 Å². The molecule has 0 fully saturated rings. The molecular weight excluding hydrogens is 321 g/mol. The first-order chi connectivity index (χ1) is 10.5. The number of benzene rings is 1. The first-order valence-corrected chi connectivity index (χ1v) is 8.69. The molecule has 0 aromatic heterocycles. The van der Waals surface area contributed by atoms with Crippen molar-refractivity contribution in [2.45, 2.75) is 51.5 Å². The lowest BCUT2D eigenvalue weighted by atomic mass is 10.1. The Kier molecular flexibility index (Phi) is 6.07. The summed E-state index contributed by atoms with van der Waals surface area (Å²) in [6, 6.07) is 3.24. The van der Waals surface area contributed by atoms with Gasteiger partial charge < -0.3 is 4.74 Å². The number of hydrogen-bond donors (Lipinski definition) is 1. The Labute approximate surface area is 136 Å². The maximum atomic E-state index is 13.6. The van der Waals surface area contributed by atoms with Crippen LogP contribution < -0.4 is 4.72 Å². The highest BCUT2D eigenvalue weighted by molar-refractivity contribution is 7.89. The van der Waals surface area contributed by atoms with E-state index in [4.69, 9.17) is 4.74 Å². The number of carbonyl (C=O) groups excluding carboxylic acids is 1. The number of sulfonamides is 1. The summed E-state index contributed by atoms with van der Waals surface area (Å²) in [6.45, 7) is 8.28. The van der Waals surface area contributed by atoms with Crippen molar-refractivity contribution in [3.05, 3.63) is 35.7 Å². The van der Waals surface area contributed by atoms with Crippen LogP contribution in [-0.4, -0.2) is 19.9 Å². The minimum Gasteiger partial charge on any atom is -0.426 e. The van der Waals surface area contributed by atoms with Crippen molar-refractivity contribution in [1.29, 1.82) is 0 Å². The van der Waals surface area contributed by atoms with Gasteiger partial charge >= 0.3 is 5.97 Å². The van der Waals surface area contributed by atoms with Crippen LogP contribution in [0.5, 0.6) is 0 Å². The van der Waals surface area contributed by atoms with Crippen molar-refractivity contribution in [1.82, 2.24) is 4.72 Å². The van der Waals surface area contributed by atoms with Gasteiger partial charge in [-0.05, 0) is 52.0 Å². The van der Waals surface area contributed by atoms with Crippen LogP contribution in [0.25, 0.3) is 5.76 Å². The van der Waals surface area contributed by atoms with Crippen LogP contribution in [0.1, 0.15) is 46.6 Å². The van der Waals surface area contributed by atoms with E-state index in [2.05, 4.69) is 4.72 Å². The second kappa shape index (κ2) is 7.23. The zero-order chi connectivity index (χ0) is 17.8. The fraction of sp³-hybridized carbons (Fsp3) is 0.438. The van der Waals surface area contributed by atoms with Crippen molar-refractivity contribution in [2.24, 2.45) is 0 Å². The summed E-state index contributed by atoms with van der Waals surface area (Å²) in [7, 11) is -3.91. The third kappa shape index (κ3) is 5.44. The highest BCUT2D eigenvalue weighted by atomic mass is 32.2. The molecule has 0 bridgehead atoms. The molecule has 0 aliphatic heterocycles. The van der Waals surface area contributed by atoms with Gasteiger partial charge in [0.05, 0.1) is 4.90 Å². The van der Waals surface area contributed by atoms with Gasteiger partial charge in [-0.15, -0.1) is 0 Å². The predicted molar refractivity (Wildman–Crippen MR) is 86.5 cm³/mol. The number of ether oxygens (including phenoxy) is 1. The summed E-state index contributed by atoms with van der Waals surface area (Å²) in [4.78, 5) is 11.4. The van der Waals surface area contributed by atoms with E-state index < -0.39 is 27.3 Å². The Bertz CT molecular complexity index is 718. The molecule has 1 aromatic rings. The molecule has 23 heavy (non-hydrogen) atoms. The van der Waals surface area contributed by atoms with Gasteiger partial charge in [-0.2, -0.15) is 0 Å². The molecule has 0 radical (unpaired) electrons. The van der Waals surface area contributed by atoms with Crippen molar-refractivity contribution in [3.63, 3.8) is 0 Å². The Morgan fingerprint density at radius 1 is 1.35 bits per heavy atom. The molecule has 0 saturated heterocycles. The molecule has 0 aliphatic carbocycles. The first-order valence-electron chi connectivity index (χ1n) is 7.21. The van der Waals surface area contributed by atoms with Gasteiger partial charge in [0.1, 0.15) is 11.6 Å². The Balaban J connectivity index is 3.44. The molecule has 0 atom stereocenters. The van der Waals surface area contributed by atoms with Gasteiger partial charge in [-0.1, -0.05) is 6.92 Å². The zero-order valence-corrected chi connectivity index (χ0v) is 14.8. The topological polar surface area (TPSA) is 72.5 Å². The van der Waals surface area contributed by atoms with Crippen molar-refractivity contribution in [2.75, 3.05) is 0 Å². The molecule has 0 amide bonds. The summed E-state index contributed by atoms with van der Waals surface area (Å²) in [5.41, 5.74) is -0.702. The number of carbonyl (C=O) groups is 1. The lowest BCUT2D eigenvalue weighted by Crippen LogP contribution is -2.40. The predicted octanol–water partition coefficient (Wildman–Crippen LogP) is 3.22. The number of allylic oxidation sites excluding steroid dienone is 1. The third-order valence-corrected chi connectivity index (χ3v) is 4.53. The van der Waals surface area contributed by atoms with Crippen LogP contribution in [0.15, 0.2) is 29.2 Å². The van der Waals surface area contributed by atoms with E-state index in [1.807, 2.05) is 0 Å². The largest absolute Gasteiger partial charge is 0.426 e. The first kappa shape index (κ1) is 19.3. The Morgan fingerprint density at radius 2 is 1.96 bits per heavy atom. The molecule has 0 saturated carbocycles. The summed E-state index contributed by atoms with van der Waals surface area (Å²) in [5.74, 6) is -1.15. The van der Waals surface area contributed by atoms with E-state index >= 15 is 0 Å². The quantitative estimate of drug-likeness (QED) is 0.658. The molecule has 1 rings (SSSR count). The van der Waals surface area contributed by atoms with Crippen LogP contribution in [0, 0.1) is 5.82 Å². The second-order valence-electron chi connectivity index (χ2n) is 5.98. The minimum atomic E-state index is -3.91. The average molecular weight is 343 g/mol. The van der Waals surface area contributed by atoms with E-state index in [1.54, 1.807) is 34.6 Å². The summed E-state index contributed by atoms with van der Waals surface area (Å²) in [6.07, 6.45) is 1.55. The van der Waals surface area contributed by atoms with Crippen LogP contribution in [0.3, 0.4) is 0 Å². The molecule has 5 nitrogen and oxygen atoms in total. The van der Waals surface area contributed by atoms with Crippen LogP contribution in [-0.2, 0) is 19.6 Å². The fourth-order valence-electron chi connectivity index (χ4n) is 1.85. The molecule has 128 valence electrons. The van der Waals surface area contributed by atoms with E-state index in [9.17, 15) is 17.6 Å². The highest BCUT2D eigenvalue weighted by Gasteiger charge is 2.26. The molecule has 0 heterocycles. The third-order valence-electron chi connectivity index (χ3n) is 2.71.